The fourth-order valence-electron chi connectivity index (χ4n) is 1.79. The maximum absolute atomic E-state index is 10.7. The number of rotatable bonds is 9. The number of aliphatic carboxylic acids is 4. The molecule has 0 rings (SSSR count). The van der Waals surface area contributed by atoms with Gasteiger partial charge in [0.1, 0.15) is 0 Å². The lowest BCUT2D eigenvalue weighted by Gasteiger charge is -2.28. The Balaban J connectivity index is 5.08. The molecule has 0 aromatic rings. The number of carboxylic acids is 4. The zero-order valence-electron chi connectivity index (χ0n) is 9.46. The smallest absolute Gasteiger partial charge is 0.303 e. The second-order valence-corrected chi connectivity index (χ2v) is 4.11. The summed E-state index contributed by atoms with van der Waals surface area (Å²) in [5.74, 6) is -5.31. The minimum atomic E-state index is -1.58. The van der Waals surface area contributed by atoms with Crippen molar-refractivity contribution in [2.75, 3.05) is 0 Å². The third-order valence-electron chi connectivity index (χ3n) is 2.45. The second kappa shape index (κ2) is 6.58. The van der Waals surface area contributed by atoms with Crippen LogP contribution in [0.25, 0.3) is 0 Å². The van der Waals surface area contributed by atoms with Crippen LogP contribution in [0.15, 0.2) is 0 Å². The molecule has 102 valence electrons. The molecule has 0 bridgehead atoms. The minimum absolute atomic E-state index is 0.312. The van der Waals surface area contributed by atoms with Crippen LogP contribution in [0, 0.1) is 5.41 Å². The van der Waals surface area contributed by atoms with Crippen molar-refractivity contribution in [3.8, 4) is 0 Å². The van der Waals surface area contributed by atoms with Crippen LogP contribution in [-0.2, 0) is 19.2 Å². The fraction of sp³-hybridized carbons (Fsp3) is 0.600. The maximum atomic E-state index is 10.7. The van der Waals surface area contributed by atoms with Crippen molar-refractivity contribution in [2.45, 2.75) is 32.1 Å². The first-order valence-corrected chi connectivity index (χ1v) is 5.04. The molecule has 0 atom stereocenters. The van der Waals surface area contributed by atoms with E-state index >= 15 is 0 Å². The first-order valence-electron chi connectivity index (χ1n) is 5.04. The Kier molecular flexibility index (Phi) is 5.80. The molecule has 8 heteroatoms. The molecule has 0 aliphatic rings. The van der Waals surface area contributed by atoms with E-state index in [9.17, 15) is 19.2 Å². The van der Waals surface area contributed by atoms with Crippen molar-refractivity contribution >= 4 is 23.9 Å². The minimum Gasteiger partial charge on any atom is -0.481 e. The Morgan fingerprint density at radius 1 is 0.667 bits per heavy atom. The summed E-state index contributed by atoms with van der Waals surface area (Å²) in [6.45, 7) is 0. The van der Waals surface area contributed by atoms with Gasteiger partial charge in [0, 0.05) is 11.8 Å². The van der Waals surface area contributed by atoms with Crippen LogP contribution in [0.4, 0.5) is 0 Å². The summed E-state index contributed by atoms with van der Waals surface area (Å²) in [6.07, 6.45) is -2.88. The molecule has 0 unspecified atom stereocenters. The van der Waals surface area contributed by atoms with Crippen molar-refractivity contribution in [3.63, 3.8) is 0 Å². The highest BCUT2D eigenvalue weighted by Crippen LogP contribution is 2.36. The summed E-state index contributed by atoms with van der Waals surface area (Å²) in [5.41, 5.74) is -1.58. The van der Waals surface area contributed by atoms with Gasteiger partial charge in [-0.1, -0.05) is 0 Å². The highest BCUT2D eigenvalue weighted by molar-refractivity contribution is 5.76. The van der Waals surface area contributed by atoms with Gasteiger partial charge < -0.3 is 20.4 Å². The van der Waals surface area contributed by atoms with Gasteiger partial charge in [-0.3, -0.25) is 19.2 Å². The molecule has 0 saturated carbocycles. The van der Waals surface area contributed by atoms with Crippen LogP contribution in [0.3, 0.4) is 0 Å². The maximum Gasteiger partial charge on any atom is 0.303 e. The van der Waals surface area contributed by atoms with Gasteiger partial charge in [0.2, 0.25) is 0 Å². The average molecular weight is 262 g/mol. The molecule has 0 radical (unpaired) electrons. The van der Waals surface area contributed by atoms with Gasteiger partial charge in [0.25, 0.3) is 0 Å². The van der Waals surface area contributed by atoms with Crippen molar-refractivity contribution in [1.29, 1.82) is 0 Å². The zero-order valence-corrected chi connectivity index (χ0v) is 9.46. The first-order chi connectivity index (χ1) is 8.17. The van der Waals surface area contributed by atoms with E-state index in [-0.39, 0.29) is 6.42 Å². The summed E-state index contributed by atoms with van der Waals surface area (Å²) < 4.78 is 0. The molecule has 0 fully saturated rings. The normalized spacial score (nSPS) is 10.9. The van der Waals surface area contributed by atoms with E-state index in [1.54, 1.807) is 0 Å². The average Bonchev–Trinajstić information content (AvgIpc) is 2.11. The lowest BCUT2D eigenvalue weighted by atomic mass is 9.74. The van der Waals surface area contributed by atoms with Gasteiger partial charge in [-0.05, 0) is 6.42 Å². The first kappa shape index (κ1) is 15.9. The molecule has 0 aliphatic carbocycles. The Bertz CT molecular complexity index is 318. The van der Waals surface area contributed by atoms with E-state index in [0.29, 0.717) is 0 Å². The Morgan fingerprint density at radius 3 is 1.22 bits per heavy atom. The predicted octanol–water partition coefficient (Wildman–Crippen LogP) is 0.262. The molecule has 0 aliphatic heterocycles. The fourth-order valence-corrected chi connectivity index (χ4v) is 1.79. The van der Waals surface area contributed by atoms with E-state index in [4.69, 9.17) is 20.4 Å². The summed E-state index contributed by atoms with van der Waals surface area (Å²) >= 11 is 0. The molecule has 0 spiro atoms. The lowest BCUT2D eigenvalue weighted by Crippen LogP contribution is -2.31. The molecule has 0 aromatic carbocycles. The molecule has 8 nitrogen and oxygen atoms in total. The van der Waals surface area contributed by atoms with Crippen LogP contribution < -0.4 is 0 Å². The lowest BCUT2D eigenvalue weighted by molar-refractivity contribution is -0.150. The van der Waals surface area contributed by atoms with Gasteiger partial charge in [0.05, 0.1) is 19.3 Å². The molecule has 0 saturated heterocycles. The predicted molar refractivity (Wildman–Crippen MR) is 56.1 cm³/mol. The van der Waals surface area contributed by atoms with Gasteiger partial charge in [0.15, 0.2) is 0 Å². The summed E-state index contributed by atoms with van der Waals surface area (Å²) in [7, 11) is 0. The summed E-state index contributed by atoms with van der Waals surface area (Å²) in [4.78, 5) is 42.5. The summed E-state index contributed by atoms with van der Waals surface area (Å²) in [5, 5.41) is 34.7. The second-order valence-electron chi connectivity index (χ2n) is 4.11. The zero-order chi connectivity index (χ0) is 14.3. The monoisotopic (exact) mass is 262 g/mol. The SMILES string of the molecule is O=C(O)CCC(CC(=O)O)(CC(=O)O)CC(=O)O. The van der Waals surface area contributed by atoms with Crippen molar-refractivity contribution in [2.24, 2.45) is 5.41 Å². The highest BCUT2D eigenvalue weighted by Gasteiger charge is 2.38. The van der Waals surface area contributed by atoms with Crippen LogP contribution in [0.2, 0.25) is 0 Å². The van der Waals surface area contributed by atoms with Crippen LogP contribution in [0.1, 0.15) is 32.1 Å². The standard InChI is InChI=1S/C10H14O8/c11-6(12)1-2-10(3-7(13)14,4-8(15)16)5-9(17)18/h1-5H2,(H,11,12)(H,13,14)(H,15,16)(H,17,18). The van der Waals surface area contributed by atoms with E-state index < -0.39 is 55.0 Å². The molecule has 0 aromatic heterocycles. The third kappa shape index (κ3) is 6.46. The van der Waals surface area contributed by atoms with Gasteiger partial charge in [-0.25, -0.2) is 0 Å². The Labute approximate surface area is 102 Å². The molecule has 0 amide bonds. The van der Waals surface area contributed by atoms with Crippen LogP contribution >= 0.6 is 0 Å². The van der Waals surface area contributed by atoms with E-state index in [2.05, 4.69) is 0 Å². The number of carboxylic acid groups (broad SMARTS) is 4. The highest BCUT2D eigenvalue weighted by atomic mass is 16.4. The molecular weight excluding hydrogens is 248 g/mol. The number of hydrogen-bond acceptors (Lipinski definition) is 4. The van der Waals surface area contributed by atoms with Crippen molar-refractivity contribution < 1.29 is 39.6 Å². The van der Waals surface area contributed by atoms with Crippen molar-refractivity contribution in [3.05, 3.63) is 0 Å². The Morgan fingerprint density at radius 2 is 1.00 bits per heavy atom. The van der Waals surface area contributed by atoms with Crippen LogP contribution in [-0.4, -0.2) is 44.3 Å². The number of carbonyl (C=O) groups is 4. The molecule has 0 heterocycles. The quantitative estimate of drug-likeness (QED) is 0.462. The van der Waals surface area contributed by atoms with Gasteiger partial charge in [-0.15, -0.1) is 0 Å². The summed E-state index contributed by atoms with van der Waals surface area (Å²) in [6, 6.07) is 0. The van der Waals surface area contributed by atoms with Gasteiger partial charge in [-0.2, -0.15) is 0 Å². The topological polar surface area (TPSA) is 149 Å². The Hall–Kier alpha value is -2.12. The van der Waals surface area contributed by atoms with E-state index in [1.807, 2.05) is 0 Å². The largest absolute Gasteiger partial charge is 0.481 e. The van der Waals surface area contributed by atoms with E-state index in [0.717, 1.165) is 0 Å². The molecule has 18 heavy (non-hydrogen) atoms. The van der Waals surface area contributed by atoms with Crippen LogP contribution in [0.5, 0.6) is 0 Å². The van der Waals surface area contributed by atoms with Crippen molar-refractivity contribution in [1.82, 2.24) is 0 Å². The molecule has 4 N–H and O–H groups in total. The van der Waals surface area contributed by atoms with E-state index in [1.165, 1.54) is 0 Å². The molecular formula is C10H14O8. The van der Waals surface area contributed by atoms with Gasteiger partial charge >= 0.3 is 23.9 Å². The third-order valence-corrected chi connectivity index (χ3v) is 2.45. The number of hydrogen-bond donors (Lipinski definition) is 4.